The number of hydrogen-bond acceptors (Lipinski definition) is 5. The minimum atomic E-state index is -0.488. The maximum Gasteiger partial charge on any atom is 0.258 e. The average molecular weight is 383 g/mol. The summed E-state index contributed by atoms with van der Waals surface area (Å²) in [6.07, 6.45) is 2.81. The van der Waals surface area contributed by atoms with E-state index in [0.717, 1.165) is 36.2 Å². The van der Waals surface area contributed by atoms with E-state index in [-0.39, 0.29) is 18.3 Å². The molecule has 1 aromatic carbocycles. The molecule has 3 heterocycles. The molecule has 2 N–H and O–H groups in total. The third-order valence-electron chi connectivity index (χ3n) is 4.82. The van der Waals surface area contributed by atoms with Crippen molar-refractivity contribution < 1.29 is 13.9 Å². The Balaban J connectivity index is 1.35. The Morgan fingerprint density at radius 1 is 1.32 bits per heavy atom. The van der Waals surface area contributed by atoms with Crippen molar-refractivity contribution in [3.8, 4) is 5.75 Å². The predicted octanol–water partition coefficient (Wildman–Crippen LogP) is 1.84. The Labute approximate surface area is 161 Å². The Morgan fingerprint density at radius 2 is 2.21 bits per heavy atom. The molecule has 7 nitrogen and oxygen atoms in total. The van der Waals surface area contributed by atoms with E-state index >= 15 is 0 Å². The molecule has 8 heteroatoms. The first kappa shape index (κ1) is 18.4. The van der Waals surface area contributed by atoms with Crippen LogP contribution in [0.25, 0.3) is 11.0 Å². The van der Waals surface area contributed by atoms with Gasteiger partial charge in [0.25, 0.3) is 5.91 Å². The van der Waals surface area contributed by atoms with Gasteiger partial charge in [0.15, 0.2) is 23.8 Å². The van der Waals surface area contributed by atoms with E-state index in [1.165, 1.54) is 12.1 Å². The number of halogens is 1. The van der Waals surface area contributed by atoms with Crippen molar-refractivity contribution in [1.29, 1.82) is 0 Å². The minimum Gasteiger partial charge on any atom is -0.481 e. The molecule has 1 amide bonds. The molecule has 28 heavy (non-hydrogen) atoms. The number of benzene rings is 1. The molecule has 0 aliphatic carbocycles. The Bertz CT molecular complexity index is 968. The number of ether oxygens (including phenoxy) is 1. The molecule has 3 aromatic rings. The van der Waals surface area contributed by atoms with Crippen molar-refractivity contribution in [2.75, 3.05) is 26.2 Å². The molecule has 0 bridgehead atoms. The van der Waals surface area contributed by atoms with E-state index < -0.39 is 5.82 Å². The largest absolute Gasteiger partial charge is 0.481 e. The van der Waals surface area contributed by atoms with Gasteiger partial charge in [-0.05, 0) is 37.2 Å². The number of hydrogen-bond donors (Lipinski definition) is 2. The second-order valence-electron chi connectivity index (χ2n) is 6.74. The number of nitrogens with zero attached hydrogens (tertiary/aromatic N) is 3. The van der Waals surface area contributed by atoms with Crippen molar-refractivity contribution in [2.45, 2.75) is 18.9 Å². The number of para-hydroxylation sites is 1. The molecule has 1 aliphatic heterocycles. The van der Waals surface area contributed by atoms with Gasteiger partial charge in [-0.15, -0.1) is 0 Å². The zero-order valence-corrected chi connectivity index (χ0v) is 15.4. The summed E-state index contributed by atoms with van der Waals surface area (Å²) in [4.78, 5) is 16.4. The fourth-order valence-electron chi connectivity index (χ4n) is 3.44. The van der Waals surface area contributed by atoms with Gasteiger partial charge in [0.05, 0.1) is 12.2 Å². The summed E-state index contributed by atoms with van der Waals surface area (Å²) < 4.78 is 20.6. The highest BCUT2D eigenvalue weighted by atomic mass is 19.1. The fraction of sp³-hybridized carbons (Fsp3) is 0.350. The second-order valence-corrected chi connectivity index (χ2v) is 6.74. The van der Waals surface area contributed by atoms with Crippen LogP contribution in [0.5, 0.6) is 5.75 Å². The van der Waals surface area contributed by atoms with Gasteiger partial charge in [-0.2, -0.15) is 5.10 Å². The van der Waals surface area contributed by atoms with Crippen LogP contribution in [-0.4, -0.2) is 46.9 Å². The number of rotatable bonds is 7. The number of carbonyl (C=O) groups excluding carboxylic acids is 1. The third kappa shape index (κ3) is 3.96. The van der Waals surface area contributed by atoms with Crippen LogP contribution in [0, 0.1) is 5.82 Å². The van der Waals surface area contributed by atoms with Crippen molar-refractivity contribution in [3.05, 3.63) is 54.1 Å². The molecule has 146 valence electrons. The first-order valence-corrected chi connectivity index (χ1v) is 9.38. The quantitative estimate of drug-likeness (QED) is 0.651. The van der Waals surface area contributed by atoms with E-state index in [1.54, 1.807) is 18.3 Å². The lowest BCUT2D eigenvalue weighted by Crippen LogP contribution is -2.32. The molecule has 4 rings (SSSR count). The number of carbonyl (C=O) groups is 1. The molecular weight excluding hydrogens is 361 g/mol. The number of fused-ring (bicyclic) bond motifs is 1. The number of amides is 1. The molecular formula is C20H22FN5O2. The first-order valence-electron chi connectivity index (χ1n) is 9.38. The Hall–Kier alpha value is -3.00. The molecule has 1 fully saturated rings. The summed E-state index contributed by atoms with van der Waals surface area (Å²) in [6.45, 7) is 2.56. The average Bonchev–Trinajstić information content (AvgIpc) is 3.36. The number of pyridine rings is 1. The fourth-order valence-corrected chi connectivity index (χ4v) is 3.44. The standard InChI is InChI=1S/C20H22FN5O2/c21-16-5-1-2-6-17(16)28-13-18(27)23-10-11-26-20-15(4-3-8-24-20)19(25-26)14-7-9-22-12-14/h1-6,8,14,22H,7,9-13H2,(H,23,27)/t14-/m1/s1. The van der Waals surface area contributed by atoms with Gasteiger partial charge >= 0.3 is 0 Å². The highest BCUT2D eigenvalue weighted by Crippen LogP contribution is 2.27. The van der Waals surface area contributed by atoms with Gasteiger partial charge in [0.1, 0.15) is 0 Å². The van der Waals surface area contributed by atoms with Crippen molar-refractivity contribution in [3.63, 3.8) is 0 Å². The summed E-state index contributed by atoms with van der Waals surface area (Å²) in [7, 11) is 0. The molecule has 0 saturated carbocycles. The molecule has 1 atom stereocenters. The maximum atomic E-state index is 13.5. The van der Waals surface area contributed by atoms with Crippen LogP contribution >= 0.6 is 0 Å². The van der Waals surface area contributed by atoms with Gasteiger partial charge in [0.2, 0.25) is 0 Å². The Morgan fingerprint density at radius 3 is 3.04 bits per heavy atom. The van der Waals surface area contributed by atoms with Gasteiger partial charge in [-0.1, -0.05) is 12.1 Å². The van der Waals surface area contributed by atoms with Gasteiger partial charge < -0.3 is 15.4 Å². The lowest BCUT2D eigenvalue weighted by molar-refractivity contribution is -0.123. The van der Waals surface area contributed by atoms with Crippen molar-refractivity contribution in [1.82, 2.24) is 25.4 Å². The van der Waals surface area contributed by atoms with E-state index in [4.69, 9.17) is 9.84 Å². The van der Waals surface area contributed by atoms with Crippen molar-refractivity contribution >= 4 is 16.9 Å². The summed E-state index contributed by atoms with van der Waals surface area (Å²) in [5.74, 6) is -0.349. The first-order chi connectivity index (χ1) is 13.7. The highest BCUT2D eigenvalue weighted by molar-refractivity contribution is 5.79. The summed E-state index contributed by atoms with van der Waals surface area (Å²) in [5, 5.41) is 12.0. The van der Waals surface area contributed by atoms with Crippen LogP contribution in [0.1, 0.15) is 18.0 Å². The smallest absolute Gasteiger partial charge is 0.258 e. The van der Waals surface area contributed by atoms with E-state index in [2.05, 4.69) is 15.6 Å². The zero-order valence-electron chi connectivity index (χ0n) is 15.4. The van der Waals surface area contributed by atoms with Gasteiger partial charge in [-0.25, -0.2) is 14.1 Å². The van der Waals surface area contributed by atoms with Gasteiger partial charge in [0, 0.05) is 30.6 Å². The molecule has 0 radical (unpaired) electrons. The monoisotopic (exact) mass is 383 g/mol. The summed E-state index contributed by atoms with van der Waals surface area (Å²) >= 11 is 0. The van der Waals surface area contributed by atoms with Gasteiger partial charge in [-0.3, -0.25) is 4.79 Å². The summed E-state index contributed by atoms with van der Waals surface area (Å²) in [5.41, 5.74) is 1.88. The SMILES string of the molecule is O=C(COc1ccccc1F)NCCn1nc([C@@H]2CCNC2)c2cccnc21. The highest BCUT2D eigenvalue weighted by Gasteiger charge is 2.23. The molecule has 1 aliphatic rings. The van der Waals surface area contributed by atoms with Crippen molar-refractivity contribution in [2.24, 2.45) is 0 Å². The molecule has 0 unspecified atom stereocenters. The molecule has 2 aromatic heterocycles. The third-order valence-corrected chi connectivity index (χ3v) is 4.82. The Kier molecular flexibility index (Phi) is 5.48. The number of nitrogens with one attached hydrogen (secondary N) is 2. The topological polar surface area (TPSA) is 81.1 Å². The second kappa shape index (κ2) is 8.35. The normalized spacial score (nSPS) is 16.4. The molecule has 1 saturated heterocycles. The summed E-state index contributed by atoms with van der Waals surface area (Å²) in [6, 6.07) is 9.97. The maximum absolute atomic E-state index is 13.5. The lowest BCUT2D eigenvalue weighted by Gasteiger charge is -2.08. The minimum absolute atomic E-state index is 0.0646. The van der Waals surface area contributed by atoms with Crippen LogP contribution in [0.4, 0.5) is 4.39 Å². The van der Waals surface area contributed by atoms with E-state index in [9.17, 15) is 9.18 Å². The van der Waals surface area contributed by atoms with E-state index in [1.807, 2.05) is 16.8 Å². The predicted molar refractivity (Wildman–Crippen MR) is 103 cm³/mol. The van der Waals surface area contributed by atoms with E-state index in [0.29, 0.717) is 19.0 Å². The van der Waals surface area contributed by atoms with Crippen LogP contribution in [0.15, 0.2) is 42.6 Å². The zero-order chi connectivity index (χ0) is 19.3. The number of aromatic nitrogens is 3. The van der Waals surface area contributed by atoms with Crippen LogP contribution in [0.2, 0.25) is 0 Å². The van der Waals surface area contributed by atoms with Crippen LogP contribution in [-0.2, 0) is 11.3 Å². The molecule has 0 spiro atoms. The van der Waals surface area contributed by atoms with Crippen LogP contribution in [0.3, 0.4) is 0 Å². The lowest BCUT2D eigenvalue weighted by atomic mass is 10.0. The van der Waals surface area contributed by atoms with Crippen LogP contribution < -0.4 is 15.4 Å².